The van der Waals surface area contributed by atoms with Gasteiger partial charge in [-0.3, -0.25) is 0 Å². The molecule has 8 nitrogen and oxygen atoms in total. The summed E-state index contributed by atoms with van der Waals surface area (Å²) < 4.78 is 29.5. The second kappa shape index (κ2) is 8.30. The fourth-order valence-corrected chi connectivity index (χ4v) is 4.53. The fraction of sp³-hybridized carbons (Fsp3) is 0.350. The zero-order chi connectivity index (χ0) is 20.3. The maximum Gasteiger partial charge on any atom is 0.240 e. The van der Waals surface area contributed by atoms with E-state index in [1.165, 1.54) is 18.3 Å². The van der Waals surface area contributed by atoms with Gasteiger partial charge in [0.2, 0.25) is 10.0 Å². The van der Waals surface area contributed by atoms with Crippen molar-refractivity contribution in [2.45, 2.75) is 37.5 Å². The monoisotopic (exact) mass is 412 g/mol. The molecule has 0 fully saturated rings. The number of benzene rings is 1. The molecule has 0 amide bonds. The quantitative estimate of drug-likeness (QED) is 0.577. The van der Waals surface area contributed by atoms with Crippen LogP contribution in [-0.2, 0) is 22.9 Å². The van der Waals surface area contributed by atoms with Gasteiger partial charge in [-0.1, -0.05) is 6.07 Å². The first-order valence-corrected chi connectivity index (χ1v) is 11.2. The SMILES string of the molecule is Cc1ccn(-c2cc(NCCNS(=O)(=O)c3ccc4c(c3)CCCC4)ncn2)n1. The molecule has 0 saturated heterocycles. The van der Waals surface area contributed by atoms with Crippen LogP contribution in [0.4, 0.5) is 5.82 Å². The molecule has 2 heterocycles. The highest BCUT2D eigenvalue weighted by molar-refractivity contribution is 7.89. The molecule has 29 heavy (non-hydrogen) atoms. The van der Waals surface area contributed by atoms with Gasteiger partial charge >= 0.3 is 0 Å². The highest BCUT2D eigenvalue weighted by Crippen LogP contribution is 2.24. The van der Waals surface area contributed by atoms with Gasteiger partial charge in [0.1, 0.15) is 12.1 Å². The van der Waals surface area contributed by atoms with Crippen LogP contribution in [0.25, 0.3) is 5.82 Å². The first kappa shape index (κ1) is 19.5. The molecule has 152 valence electrons. The first-order chi connectivity index (χ1) is 14.0. The van der Waals surface area contributed by atoms with Gasteiger partial charge in [0.15, 0.2) is 5.82 Å². The lowest BCUT2D eigenvalue weighted by Crippen LogP contribution is -2.29. The zero-order valence-electron chi connectivity index (χ0n) is 16.3. The van der Waals surface area contributed by atoms with Crippen molar-refractivity contribution in [3.8, 4) is 5.82 Å². The van der Waals surface area contributed by atoms with Gasteiger partial charge < -0.3 is 5.32 Å². The number of nitrogens with one attached hydrogen (secondary N) is 2. The van der Waals surface area contributed by atoms with Gasteiger partial charge in [0.05, 0.1) is 10.6 Å². The van der Waals surface area contributed by atoms with Crippen molar-refractivity contribution in [2.75, 3.05) is 18.4 Å². The molecule has 1 aliphatic carbocycles. The van der Waals surface area contributed by atoms with Gasteiger partial charge in [-0.05, 0) is 61.9 Å². The normalized spacial score (nSPS) is 13.8. The predicted octanol–water partition coefficient (Wildman–Crippen LogP) is 2.24. The Bertz CT molecular complexity index is 1110. The summed E-state index contributed by atoms with van der Waals surface area (Å²) in [4.78, 5) is 8.70. The van der Waals surface area contributed by atoms with Crippen LogP contribution in [0.2, 0.25) is 0 Å². The number of fused-ring (bicyclic) bond motifs is 1. The van der Waals surface area contributed by atoms with Crippen molar-refractivity contribution in [2.24, 2.45) is 0 Å². The Morgan fingerprint density at radius 3 is 2.66 bits per heavy atom. The Hall–Kier alpha value is -2.78. The molecule has 0 radical (unpaired) electrons. The molecule has 2 aromatic heterocycles. The van der Waals surface area contributed by atoms with Crippen molar-refractivity contribution in [1.29, 1.82) is 0 Å². The Balaban J connectivity index is 1.34. The number of sulfonamides is 1. The topological polar surface area (TPSA) is 102 Å². The molecule has 9 heteroatoms. The number of rotatable bonds is 7. The van der Waals surface area contributed by atoms with Gasteiger partial charge in [-0.25, -0.2) is 27.8 Å². The van der Waals surface area contributed by atoms with E-state index in [0.717, 1.165) is 30.5 Å². The summed E-state index contributed by atoms with van der Waals surface area (Å²) in [5.74, 6) is 1.25. The third-order valence-corrected chi connectivity index (χ3v) is 6.42. The molecule has 0 bridgehead atoms. The van der Waals surface area contributed by atoms with Gasteiger partial charge in [-0.2, -0.15) is 5.10 Å². The van der Waals surface area contributed by atoms with E-state index in [1.807, 2.05) is 31.3 Å². The molecule has 0 atom stereocenters. The van der Waals surface area contributed by atoms with E-state index in [9.17, 15) is 8.42 Å². The first-order valence-electron chi connectivity index (χ1n) is 9.71. The van der Waals surface area contributed by atoms with E-state index in [2.05, 4.69) is 25.1 Å². The molecule has 0 unspecified atom stereocenters. The highest BCUT2D eigenvalue weighted by atomic mass is 32.2. The molecule has 1 aliphatic rings. The highest BCUT2D eigenvalue weighted by Gasteiger charge is 2.17. The lowest BCUT2D eigenvalue weighted by molar-refractivity contribution is 0.582. The van der Waals surface area contributed by atoms with Crippen LogP contribution in [0, 0.1) is 6.92 Å². The van der Waals surface area contributed by atoms with Crippen LogP contribution >= 0.6 is 0 Å². The minimum atomic E-state index is -3.53. The van der Waals surface area contributed by atoms with Crippen molar-refractivity contribution in [1.82, 2.24) is 24.5 Å². The number of aromatic nitrogens is 4. The van der Waals surface area contributed by atoms with Crippen molar-refractivity contribution >= 4 is 15.8 Å². The fourth-order valence-electron chi connectivity index (χ4n) is 3.45. The average Bonchev–Trinajstić information content (AvgIpc) is 3.17. The third kappa shape index (κ3) is 4.63. The smallest absolute Gasteiger partial charge is 0.240 e. The largest absolute Gasteiger partial charge is 0.369 e. The molecule has 1 aromatic carbocycles. The Morgan fingerprint density at radius 1 is 1.03 bits per heavy atom. The van der Waals surface area contributed by atoms with E-state index in [4.69, 9.17) is 0 Å². The minimum absolute atomic E-state index is 0.250. The second-order valence-corrected chi connectivity index (χ2v) is 8.89. The van der Waals surface area contributed by atoms with Crippen LogP contribution in [0.1, 0.15) is 29.7 Å². The molecule has 2 N–H and O–H groups in total. The van der Waals surface area contributed by atoms with Crippen LogP contribution in [-0.4, -0.2) is 41.3 Å². The maximum atomic E-state index is 12.6. The second-order valence-electron chi connectivity index (χ2n) is 7.13. The summed E-state index contributed by atoms with van der Waals surface area (Å²) in [6, 6.07) is 9.12. The Kier molecular flexibility index (Phi) is 5.59. The van der Waals surface area contributed by atoms with E-state index in [-0.39, 0.29) is 6.54 Å². The Morgan fingerprint density at radius 2 is 1.86 bits per heavy atom. The summed E-state index contributed by atoms with van der Waals surface area (Å²) in [6.45, 7) is 2.56. The van der Waals surface area contributed by atoms with Crippen molar-refractivity contribution in [3.63, 3.8) is 0 Å². The van der Waals surface area contributed by atoms with Crippen LogP contribution in [0.3, 0.4) is 0 Å². The standard InChI is InChI=1S/C20H24N6O2S/c1-15-8-11-26(25-15)20-13-19(22-14-23-20)21-9-10-24-29(27,28)18-7-6-16-4-2-3-5-17(16)12-18/h6-8,11-14,24H,2-5,9-10H2,1H3,(H,21,22,23). The van der Waals surface area contributed by atoms with Crippen LogP contribution < -0.4 is 10.0 Å². The van der Waals surface area contributed by atoms with Crippen LogP contribution in [0.5, 0.6) is 0 Å². The molecule has 0 saturated carbocycles. The molecular weight excluding hydrogens is 388 g/mol. The summed E-state index contributed by atoms with van der Waals surface area (Å²) >= 11 is 0. The minimum Gasteiger partial charge on any atom is -0.369 e. The molecule has 0 spiro atoms. The number of hydrogen-bond acceptors (Lipinski definition) is 6. The third-order valence-electron chi connectivity index (χ3n) is 4.96. The van der Waals surface area contributed by atoms with E-state index < -0.39 is 10.0 Å². The molecule has 3 aromatic rings. The van der Waals surface area contributed by atoms with Crippen LogP contribution in [0.15, 0.2) is 47.8 Å². The Labute approximate surface area is 170 Å². The maximum absolute atomic E-state index is 12.6. The summed E-state index contributed by atoms with van der Waals surface area (Å²) in [6.07, 6.45) is 7.55. The van der Waals surface area contributed by atoms with Gasteiger partial charge in [0.25, 0.3) is 0 Å². The molecular formula is C20H24N6O2S. The summed E-state index contributed by atoms with van der Waals surface area (Å²) in [5, 5.41) is 7.44. The van der Waals surface area contributed by atoms with E-state index in [0.29, 0.717) is 23.1 Å². The summed E-state index contributed by atoms with van der Waals surface area (Å²) in [5.41, 5.74) is 3.32. The van der Waals surface area contributed by atoms with E-state index >= 15 is 0 Å². The van der Waals surface area contributed by atoms with Crippen molar-refractivity contribution in [3.05, 3.63) is 59.7 Å². The number of nitrogens with zero attached hydrogens (tertiary/aromatic N) is 4. The molecule has 0 aliphatic heterocycles. The zero-order valence-corrected chi connectivity index (χ0v) is 17.1. The lowest BCUT2D eigenvalue weighted by atomic mass is 9.92. The lowest BCUT2D eigenvalue weighted by Gasteiger charge is -2.17. The summed E-state index contributed by atoms with van der Waals surface area (Å²) in [7, 11) is -3.53. The predicted molar refractivity (Wildman–Crippen MR) is 111 cm³/mol. The number of aryl methyl sites for hydroxylation is 3. The van der Waals surface area contributed by atoms with E-state index in [1.54, 1.807) is 16.8 Å². The average molecular weight is 413 g/mol. The van der Waals surface area contributed by atoms with Crippen molar-refractivity contribution < 1.29 is 8.42 Å². The van der Waals surface area contributed by atoms with Gasteiger partial charge in [0, 0.05) is 25.4 Å². The number of hydrogen-bond donors (Lipinski definition) is 2. The molecule has 4 rings (SSSR count). The number of anilines is 1. The van der Waals surface area contributed by atoms with Gasteiger partial charge in [-0.15, -0.1) is 0 Å².